The molecule has 1 saturated heterocycles. The first-order valence-corrected chi connectivity index (χ1v) is 8.80. The van der Waals surface area contributed by atoms with Gasteiger partial charge in [-0.2, -0.15) is 0 Å². The maximum atomic E-state index is 11.5. The van der Waals surface area contributed by atoms with Gasteiger partial charge in [-0.15, -0.1) is 0 Å². The summed E-state index contributed by atoms with van der Waals surface area (Å²) in [6, 6.07) is 11.7. The third-order valence-electron chi connectivity index (χ3n) is 4.64. The van der Waals surface area contributed by atoms with Gasteiger partial charge in [-0.25, -0.2) is 0 Å². The van der Waals surface area contributed by atoms with Crippen molar-refractivity contribution in [1.29, 1.82) is 0 Å². The standard InChI is InChI=1S/C19H23ClN2O2/c1-21-19(23)12-14-8-10-22(11-9-14)13-15-6-7-18(24-15)16-4-2-3-5-17(16)20/h2-7,14H,8-13H2,1H3,(H,21,23). The molecule has 2 aromatic rings. The average Bonchev–Trinajstić information content (AvgIpc) is 3.05. The topological polar surface area (TPSA) is 45.5 Å². The summed E-state index contributed by atoms with van der Waals surface area (Å²) >= 11 is 6.23. The van der Waals surface area contributed by atoms with Crippen LogP contribution in [0.2, 0.25) is 5.02 Å². The molecule has 5 heteroatoms. The van der Waals surface area contributed by atoms with Crippen molar-refractivity contribution in [3.05, 3.63) is 47.2 Å². The number of hydrogen-bond donors (Lipinski definition) is 1. The van der Waals surface area contributed by atoms with Gasteiger partial charge in [0.2, 0.25) is 5.91 Å². The van der Waals surface area contributed by atoms with E-state index in [1.54, 1.807) is 7.05 Å². The van der Waals surface area contributed by atoms with E-state index in [1.165, 1.54) is 0 Å². The number of benzene rings is 1. The minimum atomic E-state index is 0.142. The van der Waals surface area contributed by atoms with E-state index >= 15 is 0 Å². The number of furan rings is 1. The Kier molecular flexibility index (Phi) is 5.59. The summed E-state index contributed by atoms with van der Waals surface area (Å²) in [4.78, 5) is 13.9. The molecule has 1 aliphatic heterocycles. The molecule has 0 atom stereocenters. The van der Waals surface area contributed by atoms with Crippen molar-refractivity contribution < 1.29 is 9.21 Å². The molecular weight excluding hydrogens is 324 g/mol. The van der Waals surface area contributed by atoms with Crippen LogP contribution in [0.4, 0.5) is 0 Å². The molecule has 1 fully saturated rings. The number of nitrogens with zero attached hydrogens (tertiary/aromatic N) is 1. The fourth-order valence-electron chi connectivity index (χ4n) is 3.20. The van der Waals surface area contributed by atoms with Crippen LogP contribution in [0.5, 0.6) is 0 Å². The van der Waals surface area contributed by atoms with Crippen molar-refractivity contribution >= 4 is 17.5 Å². The Labute approximate surface area is 147 Å². The van der Waals surface area contributed by atoms with Gasteiger partial charge in [0.05, 0.1) is 11.6 Å². The summed E-state index contributed by atoms with van der Waals surface area (Å²) < 4.78 is 5.97. The number of nitrogens with one attached hydrogen (secondary N) is 1. The van der Waals surface area contributed by atoms with Gasteiger partial charge in [-0.3, -0.25) is 9.69 Å². The van der Waals surface area contributed by atoms with Crippen LogP contribution < -0.4 is 5.32 Å². The second-order valence-electron chi connectivity index (χ2n) is 6.34. The Hall–Kier alpha value is -1.78. The molecule has 0 unspecified atom stereocenters. The van der Waals surface area contributed by atoms with Gasteiger partial charge in [0.15, 0.2) is 0 Å². The van der Waals surface area contributed by atoms with E-state index in [9.17, 15) is 4.79 Å². The summed E-state index contributed by atoms with van der Waals surface area (Å²) in [6.45, 7) is 2.81. The summed E-state index contributed by atoms with van der Waals surface area (Å²) in [5.74, 6) is 2.40. The minimum Gasteiger partial charge on any atom is -0.460 e. The highest BCUT2D eigenvalue weighted by molar-refractivity contribution is 6.33. The van der Waals surface area contributed by atoms with Crippen molar-refractivity contribution in [2.45, 2.75) is 25.8 Å². The van der Waals surface area contributed by atoms with Crippen LogP contribution in [0, 0.1) is 5.92 Å². The van der Waals surface area contributed by atoms with Crippen LogP contribution in [0.1, 0.15) is 25.0 Å². The van der Waals surface area contributed by atoms with Crippen LogP contribution in [-0.4, -0.2) is 30.9 Å². The fraction of sp³-hybridized carbons (Fsp3) is 0.421. The monoisotopic (exact) mass is 346 g/mol. The van der Waals surface area contributed by atoms with E-state index in [4.69, 9.17) is 16.0 Å². The van der Waals surface area contributed by atoms with Crippen LogP contribution in [-0.2, 0) is 11.3 Å². The number of hydrogen-bond acceptors (Lipinski definition) is 3. The van der Waals surface area contributed by atoms with E-state index in [1.807, 2.05) is 36.4 Å². The van der Waals surface area contributed by atoms with E-state index in [2.05, 4.69) is 10.2 Å². The fourth-order valence-corrected chi connectivity index (χ4v) is 3.43. The smallest absolute Gasteiger partial charge is 0.220 e. The van der Waals surface area contributed by atoms with Crippen molar-refractivity contribution in [2.75, 3.05) is 20.1 Å². The number of amides is 1. The predicted molar refractivity (Wildman–Crippen MR) is 95.8 cm³/mol. The van der Waals surface area contributed by atoms with E-state index in [0.717, 1.165) is 49.6 Å². The molecule has 0 radical (unpaired) electrons. The number of carbonyl (C=O) groups excluding carboxylic acids is 1. The largest absolute Gasteiger partial charge is 0.460 e. The number of carbonyl (C=O) groups is 1. The van der Waals surface area contributed by atoms with E-state index < -0.39 is 0 Å². The normalized spacial score (nSPS) is 16.2. The molecule has 1 aromatic carbocycles. The maximum absolute atomic E-state index is 11.5. The molecule has 0 aliphatic carbocycles. The quantitative estimate of drug-likeness (QED) is 0.891. The van der Waals surface area contributed by atoms with Crippen LogP contribution in [0.15, 0.2) is 40.8 Å². The lowest BCUT2D eigenvalue weighted by Gasteiger charge is -2.30. The first kappa shape index (κ1) is 17.1. The predicted octanol–water partition coefficient (Wildman–Crippen LogP) is 3.95. The second kappa shape index (κ2) is 7.86. The molecule has 3 rings (SSSR count). The van der Waals surface area contributed by atoms with E-state index in [0.29, 0.717) is 17.4 Å². The number of likely N-dealkylation sites (tertiary alicyclic amines) is 1. The van der Waals surface area contributed by atoms with Crippen LogP contribution >= 0.6 is 11.6 Å². The number of halogens is 1. The Balaban J connectivity index is 1.55. The highest BCUT2D eigenvalue weighted by Gasteiger charge is 2.22. The average molecular weight is 347 g/mol. The molecule has 24 heavy (non-hydrogen) atoms. The number of rotatable bonds is 5. The summed E-state index contributed by atoms with van der Waals surface area (Å²) in [5.41, 5.74) is 0.926. The molecule has 0 bridgehead atoms. The highest BCUT2D eigenvalue weighted by Crippen LogP contribution is 2.30. The summed E-state index contributed by atoms with van der Waals surface area (Å²) in [5, 5.41) is 3.41. The molecule has 1 amide bonds. The zero-order chi connectivity index (χ0) is 16.9. The maximum Gasteiger partial charge on any atom is 0.220 e. The zero-order valence-corrected chi connectivity index (χ0v) is 14.7. The molecular formula is C19H23ClN2O2. The summed E-state index contributed by atoms with van der Waals surface area (Å²) in [7, 11) is 1.70. The Morgan fingerprint density at radius 3 is 2.71 bits per heavy atom. The van der Waals surface area contributed by atoms with Gasteiger partial charge in [0, 0.05) is 19.0 Å². The third kappa shape index (κ3) is 4.19. The van der Waals surface area contributed by atoms with Gasteiger partial charge < -0.3 is 9.73 Å². The molecule has 4 nitrogen and oxygen atoms in total. The first-order valence-electron chi connectivity index (χ1n) is 8.42. The van der Waals surface area contributed by atoms with Crippen molar-refractivity contribution in [1.82, 2.24) is 10.2 Å². The zero-order valence-electron chi connectivity index (χ0n) is 13.9. The van der Waals surface area contributed by atoms with Gasteiger partial charge in [-0.1, -0.05) is 23.7 Å². The first-order chi connectivity index (χ1) is 11.7. The molecule has 2 heterocycles. The van der Waals surface area contributed by atoms with Gasteiger partial charge in [0.1, 0.15) is 11.5 Å². The molecule has 0 spiro atoms. The van der Waals surface area contributed by atoms with Gasteiger partial charge in [0.25, 0.3) is 0 Å². The van der Waals surface area contributed by atoms with E-state index in [-0.39, 0.29) is 5.91 Å². The lowest BCUT2D eigenvalue weighted by atomic mass is 9.93. The molecule has 1 aromatic heterocycles. The number of piperidine rings is 1. The molecule has 0 saturated carbocycles. The Morgan fingerprint density at radius 1 is 1.25 bits per heavy atom. The second-order valence-corrected chi connectivity index (χ2v) is 6.75. The molecule has 128 valence electrons. The van der Waals surface area contributed by atoms with Crippen LogP contribution in [0.3, 0.4) is 0 Å². The third-order valence-corrected chi connectivity index (χ3v) is 4.97. The van der Waals surface area contributed by atoms with Gasteiger partial charge in [-0.05, 0) is 56.1 Å². The Morgan fingerprint density at radius 2 is 2.00 bits per heavy atom. The summed E-state index contributed by atoms with van der Waals surface area (Å²) in [6.07, 6.45) is 2.76. The van der Waals surface area contributed by atoms with Gasteiger partial charge >= 0.3 is 0 Å². The van der Waals surface area contributed by atoms with Crippen molar-refractivity contribution in [2.24, 2.45) is 5.92 Å². The molecule has 1 aliphatic rings. The van der Waals surface area contributed by atoms with Crippen molar-refractivity contribution in [3.63, 3.8) is 0 Å². The lowest BCUT2D eigenvalue weighted by molar-refractivity contribution is -0.121. The SMILES string of the molecule is CNC(=O)CC1CCN(Cc2ccc(-c3ccccc3Cl)o2)CC1. The minimum absolute atomic E-state index is 0.142. The van der Waals surface area contributed by atoms with Crippen molar-refractivity contribution in [3.8, 4) is 11.3 Å². The van der Waals surface area contributed by atoms with Crippen LogP contribution in [0.25, 0.3) is 11.3 Å². The highest BCUT2D eigenvalue weighted by atomic mass is 35.5. The molecule has 1 N–H and O–H groups in total. The Bertz CT molecular complexity index is 690. The lowest BCUT2D eigenvalue weighted by Crippen LogP contribution is -2.34.